The van der Waals surface area contributed by atoms with Gasteiger partial charge in [0, 0.05) is 12.0 Å². The van der Waals surface area contributed by atoms with Crippen LogP contribution in [0, 0.1) is 0 Å². The molecule has 5 heteroatoms. The molecule has 2 nitrogen and oxygen atoms in total. The van der Waals surface area contributed by atoms with Crippen LogP contribution in [0.15, 0.2) is 11.1 Å². The molecule has 0 aromatic carbocycles. The van der Waals surface area contributed by atoms with Gasteiger partial charge in [-0.1, -0.05) is 5.57 Å². The first-order valence-electron chi connectivity index (χ1n) is 4.20. The van der Waals surface area contributed by atoms with E-state index in [1.807, 2.05) is 0 Å². The van der Waals surface area contributed by atoms with Crippen molar-refractivity contribution in [3.8, 4) is 0 Å². The van der Waals surface area contributed by atoms with Crippen LogP contribution in [0.1, 0.15) is 33.1 Å². The quantitative estimate of drug-likeness (QED) is 0.724. The number of halogens is 3. The molecule has 0 fully saturated rings. The SMILES string of the molecule is CC(CCCC(F)(F)F)=C(C)C(=O)O. The first-order valence-corrected chi connectivity index (χ1v) is 4.20. The highest BCUT2D eigenvalue weighted by Gasteiger charge is 2.26. The lowest BCUT2D eigenvalue weighted by atomic mass is 10.1. The van der Waals surface area contributed by atoms with Crippen molar-refractivity contribution in [3.05, 3.63) is 11.1 Å². The molecule has 82 valence electrons. The Morgan fingerprint density at radius 1 is 1.29 bits per heavy atom. The van der Waals surface area contributed by atoms with Crippen LogP contribution in [-0.2, 0) is 4.79 Å². The molecule has 0 aliphatic rings. The van der Waals surface area contributed by atoms with Gasteiger partial charge >= 0.3 is 12.1 Å². The molecule has 0 saturated heterocycles. The second-order valence-electron chi connectivity index (χ2n) is 3.18. The van der Waals surface area contributed by atoms with Gasteiger partial charge in [0.2, 0.25) is 0 Å². The van der Waals surface area contributed by atoms with Gasteiger partial charge in [0.05, 0.1) is 0 Å². The summed E-state index contributed by atoms with van der Waals surface area (Å²) in [6.07, 6.45) is -4.90. The molecule has 0 aromatic rings. The fourth-order valence-corrected chi connectivity index (χ4v) is 0.924. The van der Waals surface area contributed by atoms with Crippen LogP contribution in [0.4, 0.5) is 13.2 Å². The third-order valence-electron chi connectivity index (χ3n) is 1.97. The van der Waals surface area contributed by atoms with Crippen LogP contribution < -0.4 is 0 Å². The van der Waals surface area contributed by atoms with E-state index >= 15 is 0 Å². The Morgan fingerprint density at radius 2 is 1.79 bits per heavy atom. The van der Waals surface area contributed by atoms with Crippen LogP contribution in [0.3, 0.4) is 0 Å². The molecule has 0 unspecified atom stereocenters. The summed E-state index contributed by atoms with van der Waals surface area (Å²) in [5, 5.41) is 8.53. The Labute approximate surface area is 80.4 Å². The van der Waals surface area contributed by atoms with E-state index in [2.05, 4.69) is 0 Å². The normalized spacial score (nSPS) is 13.8. The summed E-state index contributed by atoms with van der Waals surface area (Å²) in [6.45, 7) is 2.94. The highest BCUT2D eigenvalue weighted by Crippen LogP contribution is 2.24. The van der Waals surface area contributed by atoms with Crippen molar-refractivity contribution >= 4 is 5.97 Å². The van der Waals surface area contributed by atoms with Gasteiger partial charge in [0.25, 0.3) is 0 Å². The molecule has 0 aliphatic carbocycles. The molecule has 1 N–H and O–H groups in total. The molecule has 0 atom stereocenters. The van der Waals surface area contributed by atoms with Crippen molar-refractivity contribution in [1.29, 1.82) is 0 Å². The predicted octanol–water partition coefficient (Wildman–Crippen LogP) is 3.14. The zero-order valence-electron chi connectivity index (χ0n) is 8.11. The minimum Gasteiger partial charge on any atom is -0.478 e. The molecule has 0 aliphatic heterocycles. The van der Waals surface area contributed by atoms with E-state index in [0.29, 0.717) is 5.57 Å². The third-order valence-corrected chi connectivity index (χ3v) is 1.97. The van der Waals surface area contributed by atoms with Crippen LogP contribution in [0.5, 0.6) is 0 Å². The zero-order valence-corrected chi connectivity index (χ0v) is 8.11. The zero-order chi connectivity index (χ0) is 11.4. The average molecular weight is 210 g/mol. The van der Waals surface area contributed by atoms with Gasteiger partial charge in [-0.15, -0.1) is 0 Å². The lowest BCUT2D eigenvalue weighted by molar-refractivity contribution is -0.135. The highest BCUT2D eigenvalue weighted by atomic mass is 19.4. The molecule has 0 aromatic heterocycles. The molecule has 0 bridgehead atoms. The molecular formula is C9H13F3O2. The fourth-order valence-electron chi connectivity index (χ4n) is 0.924. The Morgan fingerprint density at radius 3 is 2.14 bits per heavy atom. The van der Waals surface area contributed by atoms with Crippen LogP contribution in [0.2, 0.25) is 0 Å². The van der Waals surface area contributed by atoms with Crippen molar-refractivity contribution < 1.29 is 23.1 Å². The predicted molar refractivity (Wildman–Crippen MR) is 45.9 cm³/mol. The summed E-state index contributed by atoms with van der Waals surface area (Å²) >= 11 is 0. The summed E-state index contributed by atoms with van der Waals surface area (Å²) in [6, 6.07) is 0. The standard InChI is InChI=1S/C9H13F3O2/c1-6(7(2)8(13)14)4-3-5-9(10,11)12/h3-5H2,1-2H3,(H,13,14). The van der Waals surface area contributed by atoms with Crippen molar-refractivity contribution in [2.24, 2.45) is 0 Å². The first kappa shape index (κ1) is 13.0. The van der Waals surface area contributed by atoms with E-state index in [1.54, 1.807) is 6.92 Å². The monoisotopic (exact) mass is 210 g/mol. The number of rotatable bonds is 4. The van der Waals surface area contributed by atoms with Gasteiger partial charge < -0.3 is 5.11 Å². The molecule has 0 radical (unpaired) electrons. The molecule has 0 saturated carbocycles. The number of carboxylic acids is 1. The van der Waals surface area contributed by atoms with Gasteiger partial charge in [-0.2, -0.15) is 13.2 Å². The van der Waals surface area contributed by atoms with Gasteiger partial charge in [0.1, 0.15) is 0 Å². The minimum atomic E-state index is -4.16. The highest BCUT2D eigenvalue weighted by molar-refractivity contribution is 5.86. The summed E-state index contributed by atoms with van der Waals surface area (Å²) in [5.41, 5.74) is 0.633. The minimum absolute atomic E-state index is 0.0556. The van der Waals surface area contributed by atoms with Crippen LogP contribution >= 0.6 is 0 Å². The number of alkyl halides is 3. The number of carboxylic acid groups (broad SMARTS) is 1. The summed E-state index contributed by atoms with van der Waals surface area (Å²) in [7, 11) is 0. The smallest absolute Gasteiger partial charge is 0.389 e. The largest absolute Gasteiger partial charge is 0.478 e. The molecular weight excluding hydrogens is 197 g/mol. The Balaban J connectivity index is 4.03. The molecule has 0 amide bonds. The summed E-state index contributed by atoms with van der Waals surface area (Å²) in [4.78, 5) is 10.4. The number of hydrogen-bond donors (Lipinski definition) is 1. The maximum absolute atomic E-state index is 11.7. The maximum atomic E-state index is 11.7. The van der Waals surface area contributed by atoms with E-state index in [1.165, 1.54) is 6.92 Å². The third kappa shape index (κ3) is 5.61. The molecule has 0 spiro atoms. The molecule has 0 heterocycles. The summed E-state index contributed by atoms with van der Waals surface area (Å²) < 4.78 is 35.2. The lowest BCUT2D eigenvalue weighted by Crippen LogP contribution is -2.07. The van der Waals surface area contributed by atoms with Gasteiger partial charge in [0.15, 0.2) is 0 Å². The second kappa shape index (κ2) is 5.02. The number of carbonyl (C=O) groups is 1. The fraction of sp³-hybridized carbons (Fsp3) is 0.667. The van der Waals surface area contributed by atoms with Crippen LogP contribution in [-0.4, -0.2) is 17.3 Å². The Hall–Kier alpha value is -1.00. The van der Waals surface area contributed by atoms with E-state index in [4.69, 9.17) is 5.11 Å². The average Bonchev–Trinajstić information content (AvgIpc) is 2.00. The first-order chi connectivity index (χ1) is 6.24. The Bertz CT molecular complexity index is 241. The van der Waals surface area contributed by atoms with Gasteiger partial charge in [-0.3, -0.25) is 0 Å². The van der Waals surface area contributed by atoms with Crippen molar-refractivity contribution in [1.82, 2.24) is 0 Å². The van der Waals surface area contributed by atoms with Gasteiger partial charge in [-0.05, 0) is 26.7 Å². The second-order valence-corrected chi connectivity index (χ2v) is 3.18. The van der Waals surface area contributed by atoms with E-state index in [-0.39, 0.29) is 18.4 Å². The van der Waals surface area contributed by atoms with E-state index in [0.717, 1.165) is 0 Å². The molecule has 0 rings (SSSR count). The maximum Gasteiger partial charge on any atom is 0.389 e. The van der Waals surface area contributed by atoms with Crippen molar-refractivity contribution in [3.63, 3.8) is 0 Å². The topological polar surface area (TPSA) is 37.3 Å². The lowest BCUT2D eigenvalue weighted by Gasteiger charge is -2.07. The van der Waals surface area contributed by atoms with Crippen LogP contribution in [0.25, 0.3) is 0 Å². The van der Waals surface area contributed by atoms with E-state index < -0.39 is 18.6 Å². The van der Waals surface area contributed by atoms with Crippen molar-refractivity contribution in [2.75, 3.05) is 0 Å². The Kier molecular flexibility index (Phi) is 4.67. The summed E-state index contributed by atoms with van der Waals surface area (Å²) in [5.74, 6) is -1.07. The van der Waals surface area contributed by atoms with E-state index in [9.17, 15) is 18.0 Å². The number of allylic oxidation sites excluding steroid dienone is 1. The van der Waals surface area contributed by atoms with Crippen molar-refractivity contribution in [2.45, 2.75) is 39.3 Å². The number of hydrogen-bond acceptors (Lipinski definition) is 1. The molecule has 14 heavy (non-hydrogen) atoms. The number of aliphatic carboxylic acids is 1. The van der Waals surface area contributed by atoms with Gasteiger partial charge in [-0.25, -0.2) is 4.79 Å².